The summed E-state index contributed by atoms with van der Waals surface area (Å²) in [5, 5.41) is 12.7. The fourth-order valence-corrected chi connectivity index (χ4v) is 5.69. The van der Waals surface area contributed by atoms with Crippen LogP contribution < -0.4 is 0 Å². The summed E-state index contributed by atoms with van der Waals surface area (Å²) in [6.07, 6.45) is 3.25. The fourth-order valence-electron chi connectivity index (χ4n) is 3.91. The minimum atomic E-state index is 0.168. The number of benzene rings is 1. The molecule has 1 saturated heterocycles. The second-order valence-electron chi connectivity index (χ2n) is 8.55. The molecule has 0 spiro atoms. The Labute approximate surface area is 207 Å². The van der Waals surface area contributed by atoms with Crippen LogP contribution in [0.1, 0.15) is 49.7 Å². The Morgan fingerprint density at radius 1 is 1.12 bits per heavy atom. The summed E-state index contributed by atoms with van der Waals surface area (Å²) in [6, 6.07) is 14.4. The number of rotatable bonds is 8. The number of aromatic nitrogens is 5. The van der Waals surface area contributed by atoms with E-state index in [1.807, 2.05) is 27.7 Å². The molecule has 4 heterocycles. The molecule has 34 heavy (non-hydrogen) atoms. The maximum atomic E-state index is 12.2. The highest BCUT2D eigenvalue weighted by atomic mass is 32.2. The Bertz CT molecular complexity index is 1270. The number of pyridine rings is 1. The Morgan fingerprint density at radius 2 is 1.97 bits per heavy atom. The molecule has 0 aliphatic carbocycles. The van der Waals surface area contributed by atoms with Crippen LogP contribution >= 0.6 is 23.1 Å². The highest BCUT2D eigenvalue weighted by Gasteiger charge is 2.24. The lowest BCUT2D eigenvalue weighted by Crippen LogP contribution is -2.25. The smallest absolute Gasteiger partial charge is 0.223 e. The average Bonchev–Trinajstić information content (AvgIpc) is 3.59. The van der Waals surface area contributed by atoms with E-state index in [4.69, 9.17) is 4.98 Å². The highest BCUT2D eigenvalue weighted by molar-refractivity contribution is 7.98. The first kappa shape index (κ1) is 22.7. The van der Waals surface area contributed by atoms with Crippen molar-refractivity contribution in [2.45, 2.75) is 50.1 Å². The van der Waals surface area contributed by atoms with E-state index in [0.29, 0.717) is 24.6 Å². The van der Waals surface area contributed by atoms with Crippen LogP contribution in [-0.4, -0.2) is 42.1 Å². The largest absolute Gasteiger partial charge is 0.335 e. The van der Waals surface area contributed by atoms with Gasteiger partial charge in [0.05, 0.1) is 12.2 Å². The molecule has 4 aromatic rings. The van der Waals surface area contributed by atoms with E-state index < -0.39 is 0 Å². The van der Waals surface area contributed by atoms with E-state index in [9.17, 15) is 4.79 Å². The SMILES string of the molecule is CC(C)c1ccc(-c2nc(CSc3nnc(CN4CCCC4=O)n3-c3ccccn3)cs2)cc1. The molecule has 174 valence electrons. The van der Waals surface area contributed by atoms with Crippen LogP contribution in [0.4, 0.5) is 0 Å². The third-order valence-corrected chi connectivity index (χ3v) is 7.71. The van der Waals surface area contributed by atoms with Gasteiger partial charge in [-0.25, -0.2) is 9.97 Å². The zero-order chi connectivity index (χ0) is 23.5. The number of likely N-dealkylation sites (tertiary alicyclic amines) is 1. The topological polar surface area (TPSA) is 76.8 Å². The van der Waals surface area contributed by atoms with Crippen molar-refractivity contribution in [2.24, 2.45) is 0 Å². The Hall–Kier alpha value is -3.04. The molecule has 7 nitrogen and oxygen atoms in total. The van der Waals surface area contributed by atoms with Crippen molar-refractivity contribution in [1.29, 1.82) is 0 Å². The maximum absolute atomic E-state index is 12.2. The number of thiazole rings is 1. The number of carbonyl (C=O) groups is 1. The van der Waals surface area contributed by atoms with Crippen LogP contribution in [0.25, 0.3) is 16.4 Å². The van der Waals surface area contributed by atoms with E-state index in [1.54, 1.807) is 29.3 Å². The summed E-state index contributed by atoms with van der Waals surface area (Å²) in [4.78, 5) is 23.3. The normalized spacial score (nSPS) is 13.9. The molecule has 1 aliphatic heterocycles. The predicted octanol–water partition coefficient (Wildman–Crippen LogP) is 5.32. The summed E-state index contributed by atoms with van der Waals surface area (Å²) >= 11 is 3.24. The third kappa shape index (κ3) is 4.90. The van der Waals surface area contributed by atoms with Crippen molar-refractivity contribution in [2.75, 3.05) is 6.54 Å². The monoisotopic (exact) mass is 490 g/mol. The van der Waals surface area contributed by atoms with Gasteiger partial charge < -0.3 is 4.90 Å². The van der Waals surface area contributed by atoms with E-state index in [-0.39, 0.29) is 5.91 Å². The maximum Gasteiger partial charge on any atom is 0.223 e. The zero-order valence-corrected chi connectivity index (χ0v) is 20.9. The van der Waals surface area contributed by atoms with Gasteiger partial charge in [0.15, 0.2) is 11.0 Å². The number of hydrogen-bond acceptors (Lipinski definition) is 7. The van der Waals surface area contributed by atoms with Crippen molar-refractivity contribution < 1.29 is 4.79 Å². The lowest BCUT2D eigenvalue weighted by Gasteiger charge is -2.16. The van der Waals surface area contributed by atoms with E-state index >= 15 is 0 Å². The summed E-state index contributed by atoms with van der Waals surface area (Å²) in [5.74, 6) is 2.83. The first-order valence-electron chi connectivity index (χ1n) is 11.4. The number of carbonyl (C=O) groups excluding carboxylic acids is 1. The van der Waals surface area contributed by atoms with Crippen LogP contribution in [0.5, 0.6) is 0 Å². The Balaban J connectivity index is 1.34. The van der Waals surface area contributed by atoms with Crippen LogP contribution in [0.15, 0.2) is 59.2 Å². The van der Waals surface area contributed by atoms with E-state index in [1.165, 1.54) is 5.56 Å². The molecule has 0 unspecified atom stereocenters. The molecule has 1 fully saturated rings. The summed E-state index contributed by atoms with van der Waals surface area (Å²) in [6.45, 7) is 5.60. The molecule has 0 saturated carbocycles. The van der Waals surface area contributed by atoms with Gasteiger partial charge in [0, 0.05) is 35.9 Å². The molecule has 0 bridgehead atoms. The minimum Gasteiger partial charge on any atom is -0.335 e. The zero-order valence-electron chi connectivity index (χ0n) is 19.2. The molecular formula is C25H26N6OS2. The van der Waals surface area contributed by atoms with E-state index in [2.05, 4.69) is 58.7 Å². The van der Waals surface area contributed by atoms with Gasteiger partial charge in [0.1, 0.15) is 10.8 Å². The lowest BCUT2D eigenvalue weighted by molar-refractivity contribution is -0.128. The summed E-state index contributed by atoms with van der Waals surface area (Å²) in [7, 11) is 0. The molecule has 3 aromatic heterocycles. The van der Waals surface area contributed by atoms with Crippen molar-refractivity contribution >= 4 is 29.0 Å². The first-order valence-corrected chi connectivity index (χ1v) is 13.3. The van der Waals surface area contributed by atoms with Crippen molar-refractivity contribution in [3.05, 3.63) is 71.1 Å². The molecule has 9 heteroatoms. The first-order chi connectivity index (χ1) is 16.6. The number of amides is 1. The van der Waals surface area contributed by atoms with Crippen molar-refractivity contribution in [1.82, 2.24) is 29.6 Å². The Morgan fingerprint density at radius 3 is 2.68 bits per heavy atom. The molecule has 0 atom stereocenters. The van der Waals surface area contributed by atoms with Gasteiger partial charge in [-0.1, -0.05) is 55.9 Å². The molecular weight excluding hydrogens is 464 g/mol. The van der Waals surface area contributed by atoms with Gasteiger partial charge in [-0.2, -0.15) is 0 Å². The van der Waals surface area contributed by atoms with E-state index in [0.717, 1.165) is 46.0 Å². The van der Waals surface area contributed by atoms with Gasteiger partial charge in [-0.05, 0) is 30.0 Å². The van der Waals surface area contributed by atoms with Gasteiger partial charge >= 0.3 is 0 Å². The molecule has 1 amide bonds. The van der Waals surface area contributed by atoms with Crippen molar-refractivity contribution in [3.8, 4) is 16.4 Å². The predicted molar refractivity (Wildman–Crippen MR) is 135 cm³/mol. The second kappa shape index (κ2) is 10.1. The minimum absolute atomic E-state index is 0.168. The Kier molecular flexibility index (Phi) is 6.73. The van der Waals surface area contributed by atoms with Crippen LogP contribution in [-0.2, 0) is 17.1 Å². The molecule has 5 rings (SSSR count). The molecule has 1 aromatic carbocycles. The molecule has 1 aliphatic rings. The van der Waals surface area contributed by atoms with Crippen LogP contribution in [0.3, 0.4) is 0 Å². The van der Waals surface area contributed by atoms with Crippen LogP contribution in [0.2, 0.25) is 0 Å². The van der Waals surface area contributed by atoms with Gasteiger partial charge in [-0.3, -0.25) is 9.36 Å². The van der Waals surface area contributed by atoms with Gasteiger partial charge in [0.2, 0.25) is 5.91 Å². The standard InChI is InChI=1S/C25H26N6OS2/c1-17(2)18-8-10-19(11-9-18)24-27-20(15-33-24)16-34-25-29-28-22(14-30-13-5-7-23(30)32)31(25)21-6-3-4-12-26-21/h3-4,6,8-12,15,17H,5,7,13-14,16H2,1-2H3. The van der Waals surface area contributed by atoms with Crippen molar-refractivity contribution in [3.63, 3.8) is 0 Å². The molecule has 0 radical (unpaired) electrons. The number of thioether (sulfide) groups is 1. The van der Waals surface area contributed by atoms with Gasteiger partial charge in [-0.15, -0.1) is 21.5 Å². The number of hydrogen-bond donors (Lipinski definition) is 0. The summed E-state index contributed by atoms with van der Waals surface area (Å²) in [5.41, 5.74) is 3.47. The second-order valence-corrected chi connectivity index (χ2v) is 10.4. The van der Waals surface area contributed by atoms with Gasteiger partial charge in [0.25, 0.3) is 0 Å². The summed E-state index contributed by atoms with van der Waals surface area (Å²) < 4.78 is 1.95. The average molecular weight is 491 g/mol. The number of nitrogens with zero attached hydrogens (tertiary/aromatic N) is 6. The quantitative estimate of drug-likeness (QED) is 0.311. The highest BCUT2D eigenvalue weighted by Crippen LogP contribution is 2.30. The fraction of sp³-hybridized carbons (Fsp3) is 0.320. The molecule has 0 N–H and O–H groups in total. The van der Waals surface area contributed by atoms with Crippen LogP contribution in [0, 0.1) is 0 Å². The lowest BCUT2D eigenvalue weighted by atomic mass is 10.0. The third-order valence-electron chi connectivity index (χ3n) is 5.81.